The van der Waals surface area contributed by atoms with Gasteiger partial charge in [0.2, 0.25) is 11.9 Å². The number of halogens is 1. The highest BCUT2D eigenvalue weighted by atomic mass is 35.5. The van der Waals surface area contributed by atoms with Gasteiger partial charge in [0.15, 0.2) is 0 Å². The minimum atomic E-state index is -3.98. The normalized spacial score (nSPS) is 11.2. The summed E-state index contributed by atoms with van der Waals surface area (Å²) in [5.74, 6) is -0.447. The van der Waals surface area contributed by atoms with Crippen LogP contribution in [0.1, 0.15) is 23.7 Å². The molecule has 3 rings (SSSR count). The third-order valence-corrected chi connectivity index (χ3v) is 5.80. The number of H-pyrrole nitrogens is 1. The van der Waals surface area contributed by atoms with Crippen LogP contribution < -0.4 is 15.6 Å². The molecule has 0 bridgehead atoms. The smallest absolute Gasteiger partial charge is 0.264 e. The topological polar surface area (TPSA) is 121 Å². The molecule has 0 atom stereocenters. The monoisotopic (exact) mass is 446 g/mol. The van der Waals surface area contributed by atoms with Crippen LogP contribution in [0.25, 0.3) is 0 Å². The molecule has 0 radical (unpaired) electrons. The van der Waals surface area contributed by atoms with Gasteiger partial charge in [-0.2, -0.15) is 0 Å². The standard InChI is InChI=1S/C20H19ClN4O4S/c1-12-18(11-14-4-3-5-15(21)10-14)19(27)24-20(22-12)25-30(28,29)17-8-6-16(7-9-17)23-13(2)26/h3-10H,11H2,1-2H3,(H,23,26)(H2,22,24,25,27). The zero-order valence-electron chi connectivity index (χ0n) is 16.2. The minimum Gasteiger partial charge on any atom is -0.326 e. The van der Waals surface area contributed by atoms with Crippen LogP contribution in [0, 0.1) is 6.92 Å². The molecular formula is C20H19ClN4O4S. The number of nitrogens with zero attached hydrogens (tertiary/aromatic N) is 1. The van der Waals surface area contributed by atoms with Gasteiger partial charge in [0, 0.05) is 29.6 Å². The highest BCUT2D eigenvalue weighted by molar-refractivity contribution is 7.92. The number of carbonyl (C=O) groups is 1. The van der Waals surface area contributed by atoms with Crippen molar-refractivity contribution < 1.29 is 13.2 Å². The number of hydrogen-bond acceptors (Lipinski definition) is 5. The summed E-state index contributed by atoms with van der Waals surface area (Å²) in [7, 11) is -3.98. The second-order valence-corrected chi connectivity index (χ2v) is 8.72. The fraction of sp³-hybridized carbons (Fsp3) is 0.150. The number of anilines is 2. The van der Waals surface area contributed by atoms with E-state index in [0.29, 0.717) is 28.4 Å². The van der Waals surface area contributed by atoms with Gasteiger partial charge in [-0.05, 0) is 48.9 Å². The third-order valence-electron chi connectivity index (χ3n) is 4.21. The van der Waals surface area contributed by atoms with Crippen LogP contribution in [0.15, 0.2) is 58.2 Å². The van der Waals surface area contributed by atoms with Crippen molar-refractivity contribution in [1.29, 1.82) is 0 Å². The number of sulfonamides is 1. The Labute approximate surface area is 178 Å². The number of carbonyl (C=O) groups excluding carboxylic acids is 1. The first-order valence-corrected chi connectivity index (χ1v) is 10.7. The van der Waals surface area contributed by atoms with Gasteiger partial charge in [-0.25, -0.2) is 18.1 Å². The number of amides is 1. The van der Waals surface area contributed by atoms with Crippen molar-refractivity contribution in [2.24, 2.45) is 0 Å². The molecule has 1 amide bonds. The van der Waals surface area contributed by atoms with Crippen molar-refractivity contribution >= 4 is 39.2 Å². The van der Waals surface area contributed by atoms with Gasteiger partial charge in [0.05, 0.1) is 10.6 Å². The van der Waals surface area contributed by atoms with E-state index in [2.05, 4.69) is 20.0 Å². The number of benzene rings is 2. The predicted octanol–water partition coefficient (Wildman–Crippen LogP) is 3.08. The van der Waals surface area contributed by atoms with E-state index in [1.807, 2.05) is 6.07 Å². The molecule has 2 aromatic carbocycles. The summed E-state index contributed by atoms with van der Waals surface area (Å²) in [4.78, 5) is 30.2. The maximum atomic E-state index is 12.6. The zero-order valence-corrected chi connectivity index (χ0v) is 17.8. The lowest BCUT2D eigenvalue weighted by molar-refractivity contribution is -0.114. The molecule has 8 nitrogen and oxygen atoms in total. The predicted molar refractivity (Wildman–Crippen MR) is 115 cm³/mol. The molecule has 0 aliphatic heterocycles. The summed E-state index contributed by atoms with van der Waals surface area (Å²) in [6, 6.07) is 12.7. The van der Waals surface area contributed by atoms with Gasteiger partial charge >= 0.3 is 0 Å². The molecular weight excluding hydrogens is 428 g/mol. The highest BCUT2D eigenvalue weighted by Crippen LogP contribution is 2.18. The van der Waals surface area contributed by atoms with E-state index in [1.165, 1.54) is 31.2 Å². The summed E-state index contributed by atoms with van der Waals surface area (Å²) in [6.07, 6.45) is 0.312. The molecule has 30 heavy (non-hydrogen) atoms. The first kappa shape index (κ1) is 21.5. The lowest BCUT2D eigenvalue weighted by Crippen LogP contribution is -2.22. The van der Waals surface area contributed by atoms with E-state index < -0.39 is 15.6 Å². The van der Waals surface area contributed by atoms with Gasteiger partial charge < -0.3 is 5.32 Å². The van der Waals surface area contributed by atoms with Gasteiger partial charge in [0.1, 0.15) is 0 Å². The second kappa shape index (κ2) is 8.68. The zero-order chi connectivity index (χ0) is 21.9. The molecule has 0 fully saturated rings. The Morgan fingerprint density at radius 1 is 1.17 bits per heavy atom. The number of nitrogens with one attached hydrogen (secondary N) is 3. The fourth-order valence-corrected chi connectivity index (χ4v) is 4.00. The average molecular weight is 447 g/mol. The van der Waals surface area contributed by atoms with Gasteiger partial charge in [-0.1, -0.05) is 23.7 Å². The molecule has 156 valence electrons. The molecule has 0 aliphatic carbocycles. The number of aromatic amines is 1. The van der Waals surface area contributed by atoms with Crippen LogP contribution in [0.2, 0.25) is 5.02 Å². The quantitative estimate of drug-likeness (QED) is 0.537. The van der Waals surface area contributed by atoms with Crippen LogP contribution in [0.5, 0.6) is 0 Å². The minimum absolute atomic E-state index is 0.0418. The summed E-state index contributed by atoms with van der Waals surface area (Å²) < 4.78 is 27.5. The molecule has 10 heteroatoms. The molecule has 3 aromatic rings. The Morgan fingerprint density at radius 3 is 2.47 bits per heavy atom. The maximum Gasteiger partial charge on any atom is 0.264 e. The first-order valence-electron chi connectivity index (χ1n) is 8.89. The molecule has 1 heterocycles. The summed E-state index contributed by atoms with van der Waals surface area (Å²) in [6.45, 7) is 2.99. The molecule has 1 aromatic heterocycles. The molecule has 0 spiro atoms. The average Bonchev–Trinajstić information content (AvgIpc) is 2.64. The number of aromatic nitrogens is 2. The van der Waals surface area contributed by atoms with Crippen LogP contribution in [0.3, 0.4) is 0 Å². The molecule has 0 saturated heterocycles. The Kier molecular flexibility index (Phi) is 6.23. The number of rotatable bonds is 6. The lowest BCUT2D eigenvalue weighted by atomic mass is 10.1. The Hall–Kier alpha value is -3.17. The largest absolute Gasteiger partial charge is 0.326 e. The van der Waals surface area contributed by atoms with Gasteiger partial charge in [-0.3, -0.25) is 14.6 Å². The first-order chi connectivity index (χ1) is 14.1. The number of hydrogen-bond donors (Lipinski definition) is 3. The number of aryl methyl sites for hydroxylation is 1. The van der Waals surface area contributed by atoms with Crippen LogP contribution in [-0.4, -0.2) is 24.3 Å². The van der Waals surface area contributed by atoms with E-state index in [4.69, 9.17) is 11.6 Å². The lowest BCUT2D eigenvalue weighted by Gasteiger charge is -2.11. The molecule has 0 saturated carbocycles. The summed E-state index contributed by atoms with van der Waals surface area (Å²) in [5.41, 5.74) is 1.68. The Bertz CT molecular complexity index is 1250. The maximum absolute atomic E-state index is 12.6. The van der Waals surface area contributed by atoms with Crippen LogP contribution in [0.4, 0.5) is 11.6 Å². The third kappa shape index (κ3) is 5.25. The Morgan fingerprint density at radius 2 is 1.87 bits per heavy atom. The Balaban J connectivity index is 1.82. The highest BCUT2D eigenvalue weighted by Gasteiger charge is 2.17. The van der Waals surface area contributed by atoms with Crippen LogP contribution >= 0.6 is 11.6 Å². The van der Waals surface area contributed by atoms with Crippen molar-refractivity contribution in [2.45, 2.75) is 25.2 Å². The summed E-state index contributed by atoms with van der Waals surface area (Å²) in [5, 5.41) is 3.11. The second-order valence-electron chi connectivity index (χ2n) is 6.60. The van der Waals surface area contributed by atoms with E-state index >= 15 is 0 Å². The van der Waals surface area contributed by atoms with Crippen molar-refractivity contribution in [2.75, 3.05) is 10.0 Å². The molecule has 0 aliphatic rings. The van der Waals surface area contributed by atoms with Crippen molar-refractivity contribution in [3.8, 4) is 0 Å². The van der Waals surface area contributed by atoms with Crippen LogP contribution in [-0.2, 0) is 21.2 Å². The fourth-order valence-electron chi connectivity index (χ4n) is 2.82. The van der Waals surface area contributed by atoms with Gasteiger partial charge in [-0.15, -0.1) is 0 Å². The molecule has 0 unspecified atom stereocenters. The van der Waals surface area contributed by atoms with Crippen molar-refractivity contribution in [3.63, 3.8) is 0 Å². The van der Waals surface area contributed by atoms with Crippen molar-refractivity contribution in [1.82, 2.24) is 9.97 Å². The summed E-state index contributed by atoms with van der Waals surface area (Å²) >= 11 is 5.98. The van der Waals surface area contributed by atoms with E-state index in [0.717, 1.165) is 5.56 Å². The van der Waals surface area contributed by atoms with E-state index in [9.17, 15) is 18.0 Å². The molecule has 3 N–H and O–H groups in total. The SMILES string of the molecule is CC(=O)Nc1ccc(S(=O)(=O)Nc2nc(C)c(Cc3cccc(Cl)c3)c(=O)[nH]2)cc1. The van der Waals surface area contributed by atoms with E-state index in [1.54, 1.807) is 25.1 Å². The van der Waals surface area contributed by atoms with Gasteiger partial charge in [0.25, 0.3) is 15.6 Å². The van der Waals surface area contributed by atoms with E-state index in [-0.39, 0.29) is 16.8 Å². The van der Waals surface area contributed by atoms with Crippen molar-refractivity contribution in [3.05, 3.63) is 80.7 Å².